The first-order chi connectivity index (χ1) is 2.00. The van der Waals surface area contributed by atoms with Crippen LogP contribution in [0.2, 0.25) is 0 Å². The minimum absolute atomic E-state index is 0. The van der Waals surface area contributed by atoms with Crippen molar-refractivity contribution in [3.05, 3.63) is 0 Å². The van der Waals surface area contributed by atoms with Gasteiger partial charge in [-0.2, -0.15) is 8.42 Å². The predicted molar refractivity (Wildman–Crippen MR) is 33.8 cm³/mol. The first-order valence-electron chi connectivity index (χ1n) is 0.698. The fourth-order valence-corrected chi connectivity index (χ4v) is 0. The van der Waals surface area contributed by atoms with Crippen LogP contribution in [0.1, 0.15) is 0 Å². The number of rotatable bonds is 0. The standard InChI is InChI=1S/Ba.FH.Mg.H2O4S.4H/c;;;1-5(2,3)4;;;;/h;1H;;(H2,1,2,3,4);;;;. The van der Waals surface area contributed by atoms with Crippen molar-refractivity contribution in [2.24, 2.45) is 0 Å². The molecule has 2 N–H and O–H groups in total. The molecule has 0 aromatic carbocycles. The molecule has 0 bridgehead atoms. The van der Waals surface area contributed by atoms with Gasteiger partial charge in [-0.3, -0.25) is 13.8 Å². The molecule has 0 aliphatic heterocycles. The van der Waals surface area contributed by atoms with Gasteiger partial charge in [0, 0.05) is 0 Å². The number of halogens is 1. The van der Waals surface area contributed by atoms with Crippen LogP contribution in [0.25, 0.3) is 0 Å². The van der Waals surface area contributed by atoms with E-state index in [1.165, 1.54) is 0 Å². The van der Waals surface area contributed by atoms with Gasteiger partial charge in [0.15, 0.2) is 0 Å². The van der Waals surface area contributed by atoms with Crippen LogP contribution in [-0.2, 0) is 10.4 Å². The molecule has 48 valence electrons. The van der Waals surface area contributed by atoms with Crippen molar-refractivity contribution in [2.75, 3.05) is 0 Å². The Kier molecular flexibility index (Phi) is 25.7. The maximum atomic E-state index is 8.74. The Labute approximate surface area is 103 Å². The molecule has 0 amide bonds. The molecule has 0 aliphatic carbocycles. The summed E-state index contributed by atoms with van der Waals surface area (Å²) < 4.78 is 31.6. The molecule has 0 saturated heterocycles. The quantitative estimate of drug-likeness (QED) is 0.386. The second kappa shape index (κ2) is 9.14. The zero-order valence-corrected chi connectivity index (χ0v) is 3.34. The molecule has 8 heteroatoms. The maximum Gasteiger partial charge on any atom is 0.316 e. The van der Waals surface area contributed by atoms with E-state index in [9.17, 15) is 0 Å². The van der Waals surface area contributed by atoms with E-state index in [-0.39, 0.29) is 76.6 Å². The second-order valence-electron chi connectivity index (χ2n) is 0.448. The van der Waals surface area contributed by atoms with Crippen LogP contribution in [0.4, 0.5) is 4.70 Å². The SMILES string of the molecule is F.O=S(=O)(O)O.[BaH2].[MgH2]. The monoisotopic (exact) mass is 284 g/mol. The van der Waals surface area contributed by atoms with Crippen LogP contribution in [0.5, 0.6) is 0 Å². The minimum Gasteiger partial charge on any atom is 0.316 e. The van der Waals surface area contributed by atoms with Gasteiger partial charge < -0.3 is 0 Å². The number of hydrogen-bond donors (Lipinski definition) is 2. The minimum atomic E-state index is -4.67. The molecule has 0 unspecified atom stereocenters. The van der Waals surface area contributed by atoms with E-state index < -0.39 is 10.4 Å². The third-order valence-corrected chi connectivity index (χ3v) is 0. The van der Waals surface area contributed by atoms with Gasteiger partial charge in [-0.25, -0.2) is 0 Å². The summed E-state index contributed by atoms with van der Waals surface area (Å²) in [5.41, 5.74) is 0. The predicted octanol–water partition coefficient (Wildman–Crippen LogP) is -2.33. The van der Waals surface area contributed by atoms with Crippen molar-refractivity contribution in [2.45, 2.75) is 0 Å². The molecule has 4 nitrogen and oxygen atoms in total. The molecule has 8 heavy (non-hydrogen) atoms. The fraction of sp³-hybridized carbons (Fsp3) is 0. The summed E-state index contributed by atoms with van der Waals surface area (Å²) in [7, 11) is -4.67. The third-order valence-electron chi connectivity index (χ3n) is 0. The van der Waals surface area contributed by atoms with E-state index in [0.29, 0.717) is 0 Å². The van der Waals surface area contributed by atoms with Gasteiger partial charge in [-0.05, 0) is 0 Å². The van der Waals surface area contributed by atoms with Gasteiger partial charge in [0.25, 0.3) is 0 Å². The summed E-state index contributed by atoms with van der Waals surface area (Å²) in [6.45, 7) is 0. The van der Waals surface area contributed by atoms with Gasteiger partial charge >= 0.3 is 82.3 Å². The van der Waals surface area contributed by atoms with Crippen molar-refractivity contribution < 1.29 is 22.2 Å². The summed E-state index contributed by atoms with van der Waals surface area (Å²) in [5.74, 6) is 0. The van der Waals surface area contributed by atoms with Crippen LogP contribution in [0.3, 0.4) is 0 Å². The van der Waals surface area contributed by atoms with Gasteiger partial charge in [0.05, 0.1) is 0 Å². The van der Waals surface area contributed by atoms with Crippen LogP contribution >= 0.6 is 0 Å². The molecule has 0 fully saturated rings. The van der Waals surface area contributed by atoms with Crippen LogP contribution in [0.15, 0.2) is 0 Å². The Morgan fingerprint density at radius 2 is 1.12 bits per heavy atom. The molecule has 0 heterocycles. The van der Waals surface area contributed by atoms with Crippen molar-refractivity contribution in [3.63, 3.8) is 0 Å². The zero-order chi connectivity index (χ0) is 4.50. The first-order valence-corrected chi connectivity index (χ1v) is 2.10. The molecule has 0 spiro atoms. The van der Waals surface area contributed by atoms with E-state index in [1.807, 2.05) is 0 Å². The zero-order valence-electron chi connectivity index (χ0n) is 2.53. The van der Waals surface area contributed by atoms with Crippen LogP contribution in [-0.4, -0.2) is 89.5 Å². The average molecular weight is 284 g/mol. The maximum absolute atomic E-state index is 8.74. The largest absolute Gasteiger partial charge is 0.316 e. The molecule has 0 aliphatic rings. The molecular formula is H7BaFMgO4S. The topological polar surface area (TPSA) is 74.6 Å². The van der Waals surface area contributed by atoms with Crippen molar-refractivity contribution in [3.8, 4) is 0 Å². The summed E-state index contributed by atoms with van der Waals surface area (Å²) >= 11 is 0. The molecule has 0 atom stereocenters. The van der Waals surface area contributed by atoms with Gasteiger partial charge in [-0.15, -0.1) is 0 Å². The Morgan fingerprint density at radius 3 is 1.12 bits per heavy atom. The first kappa shape index (κ1) is 22.5. The normalized spacial score (nSPS) is 7.25. The number of hydrogen-bond acceptors (Lipinski definition) is 2. The van der Waals surface area contributed by atoms with E-state index in [2.05, 4.69) is 0 Å². The van der Waals surface area contributed by atoms with E-state index >= 15 is 0 Å². The molecular weight excluding hydrogens is 277 g/mol. The summed E-state index contributed by atoms with van der Waals surface area (Å²) in [6.07, 6.45) is 0. The summed E-state index contributed by atoms with van der Waals surface area (Å²) in [4.78, 5) is 0. The van der Waals surface area contributed by atoms with Crippen LogP contribution < -0.4 is 0 Å². The van der Waals surface area contributed by atoms with Gasteiger partial charge in [0.2, 0.25) is 0 Å². The molecule has 0 aromatic heterocycles. The Bertz CT molecular complexity index is 99.2. The van der Waals surface area contributed by atoms with E-state index in [4.69, 9.17) is 17.5 Å². The Hall–Kier alpha value is 2.14. The van der Waals surface area contributed by atoms with E-state index in [1.54, 1.807) is 0 Å². The van der Waals surface area contributed by atoms with Crippen molar-refractivity contribution in [1.29, 1.82) is 0 Å². The van der Waals surface area contributed by atoms with Gasteiger partial charge in [-0.1, -0.05) is 0 Å². The van der Waals surface area contributed by atoms with E-state index in [0.717, 1.165) is 0 Å². The van der Waals surface area contributed by atoms with Crippen molar-refractivity contribution >= 4 is 82.3 Å². The van der Waals surface area contributed by atoms with Gasteiger partial charge in [0.1, 0.15) is 0 Å². The molecule has 0 rings (SSSR count). The Balaban J connectivity index is -0.0000000267. The van der Waals surface area contributed by atoms with Crippen LogP contribution in [0, 0.1) is 0 Å². The average Bonchev–Trinajstić information content (AvgIpc) is 0.722. The molecule has 0 radical (unpaired) electrons. The van der Waals surface area contributed by atoms with Crippen molar-refractivity contribution in [1.82, 2.24) is 0 Å². The third kappa shape index (κ3) is 90.7. The molecule has 0 saturated carbocycles. The summed E-state index contributed by atoms with van der Waals surface area (Å²) in [5, 5.41) is 0. The fourth-order valence-electron chi connectivity index (χ4n) is 0. The summed E-state index contributed by atoms with van der Waals surface area (Å²) in [6, 6.07) is 0. The Morgan fingerprint density at radius 1 is 1.12 bits per heavy atom. The smallest absolute Gasteiger partial charge is 0.316 e. The second-order valence-corrected chi connectivity index (χ2v) is 1.34. The molecule has 0 aromatic rings.